The Kier molecular flexibility index (Phi) is 6.75. The van der Waals surface area contributed by atoms with Gasteiger partial charge in [0.05, 0.1) is 47.7 Å². The number of ether oxygens (including phenoxy) is 3. The number of fused-ring (bicyclic) bond motifs is 2. The van der Waals surface area contributed by atoms with Crippen LogP contribution in [0.3, 0.4) is 0 Å². The standard InChI is InChI=1S/C25H24F3N3O5S/c26-25(27,28)36-17-9-11-18(12-10-17)37(29,33)30-19-15-34-14-16(13-22(19)32)31-20-5-1-3-7-23(20)35-24-8-4-2-6-21(24)31/h1-12,16,19,22,32H,13-15H2,(H2,29,30,33)/t16-,19-,22-,37?/m1/s1. The highest BCUT2D eigenvalue weighted by molar-refractivity contribution is 7.90. The zero-order valence-electron chi connectivity index (χ0n) is 19.4. The molecule has 12 heteroatoms. The largest absolute Gasteiger partial charge is 0.573 e. The van der Waals surface area contributed by atoms with E-state index in [-0.39, 0.29) is 30.6 Å². The number of para-hydroxylation sites is 4. The van der Waals surface area contributed by atoms with Gasteiger partial charge in [-0.15, -0.1) is 13.2 Å². The molecule has 1 fully saturated rings. The molecule has 0 bridgehead atoms. The van der Waals surface area contributed by atoms with Crippen molar-refractivity contribution in [3.8, 4) is 17.2 Å². The predicted molar refractivity (Wildman–Crippen MR) is 130 cm³/mol. The van der Waals surface area contributed by atoms with Gasteiger partial charge in [-0.1, -0.05) is 24.3 Å². The Morgan fingerprint density at radius 1 is 0.973 bits per heavy atom. The molecule has 0 spiro atoms. The summed E-state index contributed by atoms with van der Waals surface area (Å²) in [6.07, 6.45) is -5.66. The van der Waals surface area contributed by atoms with E-state index >= 15 is 0 Å². The summed E-state index contributed by atoms with van der Waals surface area (Å²) in [4.78, 5) is 2.00. The molecule has 0 aliphatic carbocycles. The SMILES string of the molecule is N=S(=O)(N[C@@H]1COC[C@H](N2c3ccccc3Oc3ccccc32)C[C@H]1O)c1ccc(OC(F)(F)F)cc1. The molecule has 0 saturated carbocycles. The molecule has 3 aromatic rings. The molecule has 2 aliphatic heterocycles. The third-order valence-corrected chi connectivity index (χ3v) is 7.70. The van der Waals surface area contributed by atoms with Gasteiger partial charge in [0.15, 0.2) is 11.5 Å². The Hall–Kier alpha value is -3.32. The van der Waals surface area contributed by atoms with Crippen LogP contribution in [0.5, 0.6) is 17.2 Å². The second-order valence-corrected chi connectivity index (χ2v) is 10.5. The van der Waals surface area contributed by atoms with E-state index in [9.17, 15) is 22.5 Å². The van der Waals surface area contributed by atoms with Gasteiger partial charge >= 0.3 is 6.36 Å². The molecule has 0 radical (unpaired) electrons. The highest BCUT2D eigenvalue weighted by Gasteiger charge is 2.36. The molecular weight excluding hydrogens is 511 g/mol. The molecule has 37 heavy (non-hydrogen) atoms. The minimum Gasteiger partial charge on any atom is -0.453 e. The Balaban J connectivity index is 1.34. The number of halogens is 3. The molecule has 1 unspecified atom stereocenters. The third-order valence-electron chi connectivity index (χ3n) is 6.13. The minimum absolute atomic E-state index is 0.0174. The molecule has 8 nitrogen and oxygen atoms in total. The molecule has 3 aromatic carbocycles. The van der Waals surface area contributed by atoms with Crippen LogP contribution < -0.4 is 19.1 Å². The third kappa shape index (κ3) is 5.52. The fraction of sp³-hybridized carbons (Fsp3) is 0.280. The lowest BCUT2D eigenvalue weighted by atomic mass is 10.0. The first-order chi connectivity index (χ1) is 17.6. The zero-order valence-corrected chi connectivity index (χ0v) is 20.2. The van der Waals surface area contributed by atoms with Crippen LogP contribution in [-0.2, 0) is 14.7 Å². The minimum atomic E-state index is -4.86. The number of alkyl halides is 3. The second-order valence-electron chi connectivity index (χ2n) is 8.70. The van der Waals surface area contributed by atoms with Gasteiger partial charge in [-0.25, -0.2) is 13.7 Å². The number of nitrogens with one attached hydrogen (secondary N) is 2. The topological polar surface area (TPSA) is 104 Å². The van der Waals surface area contributed by atoms with E-state index in [0.717, 1.165) is 35.6 Å². The zero-order chi connectivity index (χ0) is 26.2. The van der Waals surface area contributed by atoms with E-state index in [1.807, 2.05) is 48.5 Å². The van der Waals surface area contributed by atoms with Crippen LogP contribution >= 0.6 is 0 Å². The quantitative estimate of drug-likeness (QED) is 0.427. The number of nitrogens with zero attached hydrogens (tertiary/aromatic N) is 1. The van der Waals surface area contributed by atoms with Gasteiger partial charge in [0, 0.05) is 0 Å². The van der Waals surface area contributed by atoms with Crippen molar-refractivity contribution in [2.24, 2.45) is 0 Å². The highest BCUT2D eigenvalue weighted by Crippen LogP contribution is 2.48. The van der Waals surface area contributed by atoms with E-state index in [2.05, 4.69) is 14.4 Å². The Bertz CT molecular complexity index is 1320. The summed E-state index contributed by atoms with van der Waals surface area (Å²) < 4.78 is 77.1. The lowest BCUT2D eigenvalue weighted by Crippen LogP contribution is -2.46. The number of rotatable bonds is 5. The summed E-state index contributed by atoms with van der Waals surface area (Å²) in [6, 6.07) is 18.1. The number of anilines is 2. The molecule has 196 valence electrons. The van der Waals surface area contributed by atoms with Crippen LogP contribution in [-0.4, -0.2) is 47.1 Å². The first kappa shape index (κ1) is 25.3. The summed E-state index contributed by atoms with van der Waals surface area (Å²) in [6.45, 7) is 0.233. The number of aliphatic hydroxyl groups is 1. The van der Waals surface area contributed by atoms with Crippen molar-refractivity contribution < 1.29 is 36.7 Å². The van der Waals surface area contributed by atoms with Gasteiger partial charge in [-0.2, -0.15) is 0 Å². The summed E-state index contributed by atoms with van der Waals surface area (Å²) in [5, 5.41) is 11.1. The lowest BCUT2D eigenvalue weighted by molar-refractivity contribution is -0.274. The maximum atomic E-state index is 13.1. The molecule has 4 atom stereocenters. The lowest BCUT2D eigenvalue weighted by Gasteiger charge is -2.38. The fourth-order valence-corrected chi connectivity index (χ4v) is 5.79. The molecule has 1 saturated heterocycles. The Morgan fingerprint density at radius 3 is 2.16 bits per heavy atom. The Labute approximate surface area is 211 Å². The van der Waals surface area contributed by atoms with Crippen LogP contribution in [0, 0.1) is 4.78 Å². The van der Waals surface area contributed by atoms with Crippen molar-refractivity contribution in [2.45, 2.75) is 35.9 Å². The monoisotopic (exact) mass is 535 g/mol. The number of hydrogen-bond donors (Lipinski definition) is 3. The molecule has 0 amide bonds. The number of benzene rings is 3. The van der Waals surface area contributed by atoms with E-state index in [4.69, 9.17) is 14.3 Å². The van der Waals surface area contributed by atoms with Gasteiger partial charge in [0.2, 0.25) is 0 Å². The average Bonchev–Trinajstić information content (AvgIpc) is 3.02. The fourth-order valence-electron chi connectivity index (χ4n) is 4.49. The van der Waals surface area contributed by atoms with Crippen molar-refractivity contribution in [1.29, 1.82) is 4.78 Å². The van der Waals surface area contributed by atoms with Gasteiger partial charge < -0.3 is 24.2 Å². The molecule has 3 N–H and O–H groups in total. The van der Waals surface area contributed by atoms with Crippen molar-refractivity contribution in [3.05, 3.63) is 72.8 Å². The summed E-state index contributed by atoms with van der Waals surface area (Å²) in [5.74, 6) is 0.849. The normalized spacial score (nSPS) is 23.1. The van der Waals surface area contributed by atoms with Crippen molar-refractivity contribution in [1.82, 2.24) is 4.72 Å². The van der Waals surface area contributed by atoms with Crippen molar-refractivity contribution >= 4 is 21.3 Å². The number of hydrogen-bond acceptors (Lipinski definition) is 7. The van der Waals surface area contributed by atoms with Crippen molar-refractivity contribution in [3.63, 3.8) is 0 Å². The summed E-state index contributed by atoms with van der Waals surface area (Å²) in [5.41, 5.74) is 1.64. The first-order valence-corrected chi connectivity index (χ1v) is 13.0. The molecule has 5 rings (SSSR count). The van der Waals surface area contributed by atoms with E-state index < -0.39 is 34.2 Å². The van der Waals surface area contributed by atoms with Gasteiger partial charge in [0.1, 0.15) is 15.7 Å². The van der Waals surface area contributed by atoms with E-state index in [0.29, 0.717) is 11.5 Å². The van der Waals surface area contributed by atoms with Gasteiger partial charge in [-0.05, 0) is 55.0 Å². The van der Waals surface area contributed by atoms with Crippen LogP contribution in [0.4, 0.5) is 24.5 Å². The van der Waals surface area contributed by atoms with Gasteiger partial charge in [0.25, 0.3) is 0 Å². The van der Waals surface area contributed by atoms with Gasteiger partial charge in [-0.3, -0.25) is 0 Å². The molecule has 2 aliphatic rings. The molecule has 2 heterocycles. The summed E-state index contributed by atoms with van der Waals surface area (Å²) in [7, 11) is -3.67. The van der Waals surface area contributed by atoms with Crippen LogP contribution in [0.2, 0.25) is 0 Å². The van der Waals surface area contributed by atoms with Crippen molar-refractivity contribution in [2.75, 3.05) is 18.1 Å². The van der Waals surface area contributed by atoms with E-state index in [1.165, 1.54) is 0 Å². The highest BCUT2D eigenvalue weighted by atomic mass is 32.2. The average molecular weight is 536 g/mol. The maximum absolute atomic E-state index is 13.1. The molecule has 0 aromatic heterocycles. The van der Waals surface area contributed by atoms with Crippen LogP contribution in [0.15, 0.2) is 77.7 Å². The van der Waals surface area contributed by atoms with Crippen LogP contribution in [0.25, 0.3) is 0 Å². The van der Waals surface area contributed by atoms with E-state index in [1.54, 1.807) is 0 Å². The predicted octanol–water partition coefficient (Wildman–Crippen LogP) is 4.96. The maximum Gasteiger partial charge on any atom is 0.573 e. The number of aliphatic hydroxyl groups excluding tert-OH is 1. The first-order valence-electron chi connectivity index (χ1n) is 11.4. The summed E-state index contributed by atoms with van der Waals surface area (Å²) >= 11 is 0. The second kappa shape index (κ2) is 9.86. The van der Waals surface area contributed by atoms with Crippen LogP contribution in [0.1, 0.15) is 6.42 Å². The Morgan fingerprint density at radius 2 is 1.57 bits per heavy atom. The smallest absolute Gasteiger partial charge is 0.453 e. The molecular formula is C25H24F3N3O5S.